The molecule has 0 aromatic heterocycles. The fourth-order valence-electron chi connectivity index (χ4n) is 1.68. The van der Waals surface area contributed by atoms with E-state index >= 15 is 0 Å². The molecule has 0 bridgehead atoms. The Balaban J connectivity index is 1.81. The Bertz CT molecular complexity index is 322. The average molecular weight is 241 g/mol. The summed E-state index contributed by atoms with van der Waals surface area (Å²) in [6, 6.07) is 8.75. The van der Waals surface area contributed by atoms with Crippen molar-refractivity contribution in [2.75, 3.05) is 26.8 Å². The van der Waals surface area contributed by atoms with Crippen LogP contribution < -0.4 is 0 Å². The van der Waals surface area contributed by atoms with Crippen molar-refractivity contribution in [1.29, 1.82) is 0 Å². The number of halogens is 1. The molecule has 16 heavy (non-hydrogen) atoms. The molecule has 0 spiro atoms. The maximum atomic E-state index is 5.78. The fraction of sp³-hybridized carbons (Fsp3) is 0.500. The average Bonchev–Trinajstić information content (AvgIpc) is 2.74. The Morgan fingerprint density at radius 3 is 2.81 bits per heavy atom. The molecule has 1 heterocycles. The highest BCUT2D eigenvalue weighted by atomic mass is 35.5. The van der Waals surface area contributed by atoms with E-state index in [0.29, 0.717) is 18.2 Å². The number of rotatable bonds is 4. The van der Waals surface area contributed by atoms with Crippen LogP contribution in [0.1, 0.15) is 5.56 Å². The van der Waals surface area contributed by atoms with Crippen molar-refractivity contribution in [2.45, 2.75) is 12.8 Å². The predicted molar refractivity (Wildman–Crippen MR) is 62.3 cm³/mol. The van der Waals surface area contributed by atoms with Gasteiger partial charge in [-0.1, -0.05) is 17.7 Å². The molecule has 4 heteroatoms. The monoisotopic (exact) mass is 240 g/mol. The van der Waals surface area contributed by atoms with Crippen molar-refractivity contribution in [3.63, 3.8) is 0 Å². The second-order valence-corrected chi connectivity index (χ2v) is 4.32. The van der Waals surface area contributed by atoms with Crippen LogP contribution in [0, 0.1) is 6.07 Å². The van der Waals surface area contributed by atoms with Gasteiger partial charge in [-0.15, -0.1) is 0 Å². The Morgan fingerprint density at radius 2 is 2.19 bits per heavy atom. The topological polar surface area (TPSA) is 21.7 Å². The quantitative estimate of drug-likeness (QED) is 0.803. The Labute approximate surface area is 101 Å². The third-order valence-corrected chi connectivity index (χ3v) is 2.68. The number of benzene rings is 1. The van der Waals surface area contributed by atoms with Crippen molar-refractivity contribution in [1.82, 2.24) is 4.90 Å². The summed E-state index contributed by atoms with van der Waals surface area (Å²) in [5, 5.41) is 0.647. The van der Waals surface area contributed by atoms with Crippen molar-refractivity contribution in [3.05, 3.63) is 34.9 Å². The van der Waals surface area contributed by atoms with Gasteiger partial charge in [0.15, 0.2) is 6.29 Å². The number of hydrogen-bond acceptors (Lipinski definition) is 3. The summed E-state index contributed by atoms with van der Waals surface area (Å²) in [4.78, 5) is 2.16. The fourth-order valence-corrected chi connectivity index (χ4v) is 1.80. The SMILES string of the molecule is CN(Cc1c[c]c(Cl)cc1)CC1OCCO1. The normalized spacial score (nSPS) is 17.2. The number of likely N-dealkylation sites (N-methyl/N-ethyl adjacent to an activating group) is 1. The molecule has 2 rings (SSSR count). The molecule has 1 fully saturated rings. The maximum Gasteiger partial charge on any atom is 0.170 e. The van der Waals surface area contributed by atoms with Gasteiger partial charge >= 0.3 is 0 Å². The van der Waals surface area contributed by atoms with Gasteiger partial charge in [-0.25, -0.2) is 0 Å². The van der Waals surface area contributed by atoms with Gasteiger partial charge in [-0.05, 0) is 24.7 Å². The first kappa shape index (κ1) is 11.9. The third kappa shape index (κ3) is 3.46. The first-order chi connectivity index (χ1) is 7.74. The second-order valence-electron chi connectivity index (χ2n) is 3.91. The summed E-state index contributed by atoms with van der Waals surface area (Å²) < 4.78 is 10.8. The molecule has 3 nitrogen and oxygen atoms in total. The minimum absolute atomic E-state index is 0.0821. The molecule has 1 aliphatic heterocycles. The summed E-state index contributed by atoms with van der Waals surface area (Å²) in [5.41, 5.74) is 1.19. The van der Waals surface area contributed by atoms with Crippen LogP contribution in [-0.4, -0.2) is 38.0 Å². The number of hydrogen-bond donors (Lipinski definition) is 0. The summed E-state index contributed by atoms with van der Waals surface area (Å²) in [6.45, 7) is 3.03. The zero-order valence-corrected chi connectivity index (χ0v) is 10.0. The maximum absolute atomic E-state index is 5.78. The Kier molecular flexibility index (Phi) is 4.18. The third-order valence-electron chi connectivity index (χ3n) is 2.44. The molecule has 1 aliphatic rings. The van der Waals surface area contributed by atoms with E-state index in [4.69, 9.17) is 21.1 Å². The van der Waals surface area contributed by atoms with Gasteiger partial charge in [-0.3, -0.25) is 4.90 Å². The van der Waals surface area contributed by atoms with Gasteiger partial charge < -0.3 is 9.47 Å². The van der Waals surface area contributed by atoms with E-state index < -0.39 is 0 Å². The molecule has 0 aliphatic carbocycles. The summed E-state index contributed by atoms with van der Waals surface area (Å²) in [7, 11) is 2.04. The van der Waals surface area contributed by atoms with E-state index in [1.807, 2.05) is 25.2 Å². The van der Waals surface area contributed by atoms with Crippen LogP contribution >= 0.6 is 11.6 Å². The van der Waals surface area contributed by atoms with Crippen LogP contribution in [0.5, 0.6) is 0 Å². The molecule has 1 aromatic rings. The van der Waals surface area contributed by atoms with Crippen LogP contribution in [0.25, 0.3) is 0 Å². The number of nitrogens with zero attached hydrogens (tertiary/aromatic N) is 1. The van der Waals surface area contributed by atoms with Crippen LogP contribution in [0.15, 0.2) is 18.2 Å². The largest absolute Gasteiger partial charge is 0.349 e. The molecule has 0 amide bonds. The highest BCUT2D eigenvalue weighted by molar-refractivity contribution is 6.30. The van der Waals surface area contributed by atoms with E-state index in [1.54, 1.807) is 0 Å². The van der Waals surface area contributed by atoms with Gasteiger partial charge in [0, 0.05) is 24.2 Å². The zero-order chi connectivity index (χ0) is 11.4. The van der Waals surface area contributed by atoms with E-state index in [0.717, 1.165) is 13.1 Å². The second kappa shape index (κ2) is 5.64. The predicted octanol–water partition coefficient (Wildman–Crippen LogP) is 1.94. The smallest absolute Gasteiger partial charge is 0.170 e. The van der Waals surface area contributed by atoms with Crippen LogP contribution in [-0.2, 0) is 16.0 Å². The lowest BCUT2D eigenvalue weighted by Gasteiger charge is -2.19. The molecule has 87 valence electrons. The zero-order valence-electron chi connectivity index (χ0n) is 9.28. The molecule has 0 atom stereocenters. The minimum atomic E-state index is -0.0821. The van der Waals surface area contributed by atoms with Crippen molar-refractivity contribution in [3.8, 4) is 0 Å². The first-order valence-corrected chi connectivity index (χ1v) is 5.70. The molecule has 1 radical (unpaired) electrons. The van der Waals surface area contributed by atoms with Gasteiger partial charge in [0.05, 0.1) is 13.2 Å². The molecule has 1 saturated heterocycles. The van der Waals surface area contributed by atoms with Crippen LogP contribution in [0.2, 0.25) is 5.02 Å². The van der Waals surface area contributed by atoms with Crippen molar-refractivity contribution >= 4 is 11.6 Å². The summed E-state index contributed by atoms with van der Waals surface area (Å²) in [6.07, 6.45) is -0.0821. The molecular formula is C12H15ClNO2. The van der Waals surface area contributed by atoms with Gasteiger partial charge in [-0.2, -0.15) is 0 Å². The van der Waals surface area contributed by atoms with E-state index in [-0.39, 0.29) is 6.29 Å². The Hall–Kier alpha value is -0.610. The van der Waals surface area contributed by atoms with Gasteiger partial charge in [0.25, 0.3) is 0 Å². The lowest BCUT2D eigenvalue weighted by molar-refractivity contribution is -0.0592. The molecular weight excluding hydrogens is 226 g/mol. The molecule has 0 unspecified atom stereocenters. The standard InChI is InChI=1S/C12H15ClNO2/c1-14(9-12-15-6-7-16-12)8-10-2-4-11(13)5-3-10/h2-4,12H,6-9H2,1H3. The summed E-state index contributed by atoms with van der Waals surface area (Å²) >= 11 is 5.78. The number of ether oxygens (including phenoxy) is 2. The first-order valence-electron chi connectivity index (χ1n) is 5.32. The van der Waals surface area contributed by atoms with Crippen molar-refractivity contribution < 1.29 is 9.47 Å². The van der Waals surface area contributed by atoms with Crippen LogP contribution in [0.4, 0.5) is 0 Å². The molecule has 0 N–H and O–H groups in total. The summed E-state index contributed by atoms with van der Waals surface area (Å²) in [5.74, 6) is 0. The molecule has 0 saturated carbocycles. The van der Waals surface area contributed by atoms with E-state index in [2.05, 4.69) is 11.0 Å². The minimum Gasteiger partial charge on any atom is -0.349 e. The lowest BCUT2D eigenvalue weighted by atomic mass is 10.2. The lowest BCUT2D eigenvalue weighted by Crippen LogP contribution is -2.29. The molecule has 1 aromatic carbocycles. The Morgan fingerprint density at radius 1 is 1.44 bits per heavy atom. The van der Waals surface area contributed by atoms with Gasteiger partial charge in [0.1, 0.15) is 0 Å². The van der Waals surface area contributed by atoms with E-state index in [1.165, 1.54) is 5.56 Å². The highest BCUT2D eigenvalue weighted by Gasteiger charge is 2.17. The van der Waals surface area contributed by atoms with E-state index in [9.17, 15) is 0 Å². The van der Waals surface area contributed by atoms with Crippen LogP contribution in [0.3, 0.4) is 0 Å². The van der Waals surface area contributed by atoms with Gasteiger partial charge in [0.2, 0.25) is 0 Å². The van der Waals surface area contributed by atoms with Crippen molar-refractivity contribution in [2.24, 2.45) is 0 Å². The highest BCUT2D eigenvalue weighted by Crippen LogP contribution is 2.11.